The van der Waals surface area contributed by atoms with Gasteiger partial charge in [0.1, 0.15) is 17.5 Å². The third-order valence-corrected chi connectivity index (χ3v) is 3.15. The zero-order valence-electron chi connectivity index (χ0n) is 12.2. The summed E-state index contributed by atoms with van der Waals surface area (Å²) < 4.78 is 13.7. The summed E-state index contributed by atoms with van der Waals surface area (Å²) in [5, 5.41) is 3.21. The van der Waals surface area contributed by atoms with E-state index < -0.39 is 0 Å². The van der Waals surface area contributed by atoms with E-state index in [1.165, 1.54) is 6.07 Å². The second kappa shape index (κ2) is 6.46. The lowest BCUT2D eigenvalue weighted by Gasteiger charge is -2.11. The van der Waals surface area contributed by atoms with E-state index in [1.807, 2.05) is 19.1 Å². The van der Waals surface area contributed by atoms with Crippen LogP contribution in [0, 0.1) is 12.7 Å². The van der Waals surface area contributed by atoms with Crippen LogP contribution in [0.25, 0.3) is 11.3 Å². The van der Waals surface area contributed by atoms with Crippen molar-refractivity contribution in [2.45, 2.75) is 33.6 Å². The van der Waals surface area contributed by atoms with Gasteiger partial charge < -0.3 is 5.32 Å². The molecule has 1 N–H and O–H groups in total. The highest BCUT2D eigenvalue weighted by molar-refractivity contribution is 5.66. The zero-order valence-corrected chi connectivity index (χ0v) is 12.2. The van der Waals surface area contributed by atoms with E-state index in [0.29, 0.717) is 5.56 Å². The molecule has 0 unspecified atom stereocenters. The number of hydrogen-bond donors (Lipinski definition) is 1. The van der Waals surface area contributed by atoms with Gasteiger partial charge in [0.05, 0.1) is 5.69 Å². The van der Waals surface area contributed by atoms with Crippen molar-refractivity contribution in [1.82, 2.24) is 9.97 Å². The van der Waals surface area contributed by atoms with Gasteiger partial charge in [0, 0.05) is 24.6 Å². The largest absolute Gasteiger partial charge is 0.370 e. The summed E-state index contributed by atoms with van der Waals surface area (Å²) in [7, 11) is 0. The van der Waals surface area contributed by atoms with Crippen molar-refractivity contribution in [3.63, 3.8) is 0 Å². The Balaban J connectivity index is 2.51. The number of aromatic nitrogens is 2. The SMILES string of the molecule is CCCc1nc(NCC)cc(-c2cccc(F)c2C)n1. The van der Waals surface area contributed by atoms with E-state index in [-0.39, 0.29) is 5.82 Å². The summed E-state index contributed by atoms with van der Waals surface area (Å²) >= 11 is 0. The van der Waals surface area contributed by atoms with Crippen LogP contribution >= 0.6 is 0 Å². The molecule has 0 aliphatic heterocycles. The summed E-state index contributed by atoms with van der Waals surface area (Å²) in [6, 6.07) is 6.96. The van der Waals surface area contributed by atoms with Crippen LogP contribution in [-0.2, 0) is 6.42 Å². The predicted molar refractivity (Wildman–Crippen MR) is 80.3 cm³/mol. The molecule has 0 saturated heterocycles. The van der Waals surface area contributed by atoms with Crippen LogP contribution in [-0.4, -0.2) is 16.5 Å². The first kappa shape index (κ1) is 14.4. The van der Waals surface area contributed by atoms with E-state index >= 15 is 0 Å². The highest BCUT2D eigenvalue weighted by Gasteiger charge is 2.10. The number of nitrogens with zero attached hydrogens (tertiary/aromatic N) is 2. The normalized spacial score (nSPS) is 10.6. The van der Waals surface area contributed by atoms with Gasteiger partial charge in [-0.2, -0.15) is 0 Å². The van der Waals surface area contributed by atoms with Crippen molar-refractivity contribution in [3.8, 4) is 11.3 Å². The second-order valence-corrected chi connectivity index (χ2v) is 4.75. The molecular formula is C16H20FN3. The summed E-state index contributed by atoms with van der Waals surface area (Å²) in [6.45, 7) is 6.69. The Bertz CT molecular complexity index is 572. The van der Waals surface area contributed by atoms with Gasteiger partial charge in [-0.3, -0.25) is 0 Å². The maximum absolute atomic E-state index is 13.7. The Kier molecular flexibility index (Phi) is 4.66. The standard InChI is InChI=1S/C16H20FN3/c1-4-7-15-19-14(10-16(20-15)18-5-2)12-8-6-9-13(17)11(12)3/h6,8-10H,4-5,7H2,1-3H3,(H,18,19,20). The first-order valence-corrected chi connectivity index (χ1v) is 7.03. The van der Waals surface area contributed by atoms with Crippen LogP contribution in [0.2, 0.25) is 0 Å². The molecule has 2 aromatic rings. The van der Waals surface area contributed by atoms with Crippen LogP contribution in [0.1, 0.15) is 31.7 Å². The number of halogens is 1. The number of rotatable bonds is 5. The minimum atomic E-state index is -0.205. The zero-order chi connectivity index (χ0) is 14.5. The Morgan fingerprint density at radius 3 is 2.70 bits per heavy atom. The van der Waals surface area contributed by atoms with Gasteiger partial charge in [-0.15, -0.1) is 0 Å². The molecule has 106 valence electrons. The summed E-state index contributed by atoms with van der Waals surface area (Å²) in [5.41, 5.74) is 2.22. The molecule has 1 aromatic heterocycles. The minimum absolute atomic E-state index is 0.205. The van der Waals surface area contributed by atoms with Crippen LogP contribution in [0.4, 0.5) is 10.2 Å². The van der Waals surface area contributed by atoms with Crippen molar-refractivity contribution in [2.75, 3.05) is 11.9 Å². The molecule has 0 bridgehead atoms. The molecule has 0 amide bonds. The van der Waals surface area contributed by atoms with Crippen LogP contribution in [0.5, 0.6) is 0 Å². The molecule has 0 aliphatic rings. The van der Waals surface area contributed by atoms with Crippen LogP contribution in [0.15, 0.2) is 24.3 Å². The van der Waals surface area contributed by atoms with Crippen molar-refractivity contribution in [1.29, 1.82) is 0 Å². The van der Waals surface area contributed by atoms with Crippen molar-refractivity contribution in [3.05, 3.63) is 41.5 Å². The lowest BCUT2D eigenvalue weighted by Crippen LogP contribution is -2.05. The summed E-state index contributed by atoms with van der Waals surface area (Å²) in [4.78, 5) is 9.03. The molecule has 0 aliphatic carbocycles. The fourth-order valence-corrected chi connectivity index (χ4v) is 2.13. The van der Waals surface area contributed by atoms with Crippen molar-refractivity contribution in [2.24, 2.45) is 0 Å². The van der Waals surface area contributed by atoms with Crippen molar-refractivity contribution >= 4 is 5.82 Å². The van der Waals surface area contributed by atoms with Crippen LogP contribution in [0.3, 0.4) is 0 Å². The molecule has 4 heteroatoms. The van der Waals surface area contributed by atoms with E-state index in [0.717, 1.165) is 42.3 Å². The van der Waals surface area contributed by atoms with Gasteiger partial charge in [-0.25, -0.2) is 14.4 Å². The topological polar surface area (TPSA) is 37.8 Å². The van der Waals surface area contributed by atoms with Crippen molar-refractivity contribution < 1.29 is 4.39 Å². The Hall–Kier alpha value is -1.97. The summed E-state index contributed by atoms with van der Waals surface area (Å²) in [5.74, 6) is 1.39. The van der Waals surface area contributed by atoms with E-state index in [9.17, 15) is 4.39 Å². The molecule has 1 heterocycles. The second-order valence-electron chi connectivity index (χ2n) is 4.75. The number of aryl methyl sites for hydroxylation is 1. The maximum atomic E-state index is 13.7. The van der Waals surface area contributed by atoms with Gasteiger partial charge >= 0.3 is 0 Å². The van der Waals surface area contributed by atoms with E-state index in [1.54, 1.807) is 13.0 Å². The smallest absolute Gasteiger partial charge is 0.131 e. The number of nitrogens with one attached hydrogen (secondary N) is 1. The maximum Gasteiger partial charge on any atom is 0.131 e. The van der Waals surface area contributed by atoms with E-state index in [4.69, 9.17) is 0 Å². The first-order chi connectivity index (χ1) is 9.65. The molecule has 0 atom stereocenters. The average Bonchev–Trinajstić information content (AvgIpc) is 2.42. The molecule has 20 heavy (non-hydrogen) atoms. The van der Waals surface area contributed by atoms with E-state index in [2.05, 4.69) is 22.2 Å². The highest BCUT2D eigenvalue weighted by atomic mass is 19.1. The molecule has 0 saturated carbocycles. The highest BCUT2D eigenvalue weighted by Crippen LogP contribution is 2.25. The Morgan fingerprint density at radius 2 is 2.00 bits per heavy atom. The summed E-state index contributed by atoms with van der Waals surface area (Å²) in [6.07, 6.45) is 1.80. The monoisotopic (exact) mass is 273 g/mol. The molecule has 2 rings (SSSR count). The molecule has 3 nitrogen and oxygen atoms in total. The van der Waals surface area contributed by atoms with Gasteiger partial charge in [0.2, 0.25) is 0 Å². The quantitative estimate of drug-likeness (QED) is 0.895. The van der Waals surface area contributed by atoms with Crippen LogP contribution < -0.4 is 5.32 Å². The molecule has 0 radical (unpaired) electrons. The fourth-order valence-electron chi connectivity index (χ4n) is 2.13. The molecule has 0 spiro atoms. The lowest BCUT2D eigenvalue weighted by molar-refractivity contribution is 0.619. The number of anilines is 1. The Morgan fingerprint density at radius 1 is 1.20 bits per heavy atom. The number of benzene rings is 1. The third kappa shape index (κ3) is 3.13. The average molecular weight is 273 g/mol. The van der Waals surface area contributed by atoms with Gasteiger partial charge in [0.15, 0.2) is 0 Å². The third-order valence-electron chi connectivity index (χ3n) is 3.15. The fraction of sp³-hybridized carbons (Fsp3) is 0.375. The first-order valence-electron chi connectivity index (χ1n) is 7.03. The molecule has 0 fully saturated rings. The van der Waals surface area contributed by atoms with Gasteiger partial charge in [0.25, 0.3) is 0 Å². The number of hydrogen-bond acceptors (Lipinski definition) is 3. The Labute approximate surface area is 119 Å². The molecular weight excluding hydrogens is 253 g/mol. The van der Waals surface area contributed by atoms with Gasteiger partial charge in [-0.05, 0) is 31.9 Å². The lowest BCUT2D eigenvalue weighted by atomic mass is 10.0. The van der Waals surface area contributed by atoms with Gasteiger partial charge in [-0.1, -0.05) is 19.1 Å². The minimum Gasteiger partial charge on any atom is -0.370 e. The molecule has 1 aromatic carbocycles. The predicted octanol–water partition coefficient (Wildman–Crippen LogP) is 3.98.